The summed E-state index contributed by atoms with van der Waals surface area (Å²) in [6.45, 7) is 16.0. The van der Waals surface area contributed by atoms with E-state index in [0.717, 1.165) is 11.1 Å². The van der Waals surface area contributed by atoms with Crippen LogP contribution in [0.5, 0.6) is 0 Å². The van der Waals surface area contributed by atoms with Gasteiger partial charge in [-0.2, -0.15) is 0 Å². The number of piperidine rings is 1. The first-order valence-electron chi connectivity index (χ1n) is 12.4. The number of benzene rings is 1. The van der Waals surface area contributed by atoms with Gasteiger partial charge >= 0.3 is 6.09 Å². The molecule has 1 aromatic carbocycles. The van der Waals surface area contributed by atoms with Gasteiger partial charge in [0.25, 0.3) is 0 Å². The van der Waals surface area contributed by atoms with Crippen molar-refractivity contribution in [3.8, 4) is 0 Å². The normalized spacial score (nSPS) is 24.9. The molecule has 1 amide bonds. The number of rotatable bonds is 4. The van der Waals surface area contributed by atoms with E-state index in [-0.39, 0.29) is 37.8 Å². The predicted octanol–water partition coefficient (Wildman–Crippen LogP) is 4.93. The van der Waals surface area contributed by atoms with Crippen molar-refractivity contribution in [3.05, 3.63) is 41.9 Å². The van der Waals surface area contributed by atoms with Crippen LogP contribution in [0.3, 0.4) is 0 Å². The van der Waals surface area contributed by atoms with E-state index in [0.29, 0.717) is 24.3 Å². The number of hydrogen-bond acceptors (Lipinski definition) is 6. The molecular formula is C27H33FN4O4. The summed E-state index contributed by atoms with van der Waals surface area (Å²) in [5, 5.41) is 0.843. The van der Waals surface area contributed by atoms with Crippen molar-refractivity contribution in [1.29, 1.82) is 0 Å². The molecule has 0 saturated carbocycles. The van der Waals surface area contributed by atoms with Crippen LogP contribution >= 0.6 is 0 Å². The van der Waals surface area contributed by atoms with Gasteiger partial charge in [0, 0.05) is 49.2 Å². The average Bonchev–Trinajstić information content (AvgIpc) is 2.83. The number of fused-ring (bicyclic) bond motifs is 1. The van der Waals surface area contributed by atoms with Crippen LogP contribution in [0.1, 0.15) is 40.5 Å². The van der Waals surface area contributed by atoms with Crippen LogP contribution in [0, 0.1) is 12.5 Å². The SMILES string of the molecule is [C-]#[N+]c1ccc(N2C[C@@H](C)O[C@@H](C(=O)C[C@@H]3CN(C(=O)OC(C)(C)C)CC[C@@H]3F)C2)c2cccnc12. The number of halogens is 1. The lowest BCUT2D eigenvalue weighted by Gasteiger charge is -2.39. The number of ether oxygens (including phenoxy) is 2. The number of carbonyl (C=O) groups is 2. The van der Waals surface area contributed by atoms with Crippen LogP contribution in [0.15, 0.2) is 30.5 Å². The van der Waals surface area contributed by atoms with Gasteiger partial charge in [-0.1, -0.05) is 12.1 Å². The minimum atomic E-state index is -1.17. The van der Waals surface area contributed by atoms with Crippen molar-refractivity contribution in [2.24, 2.45) is 5.92 Å². The van der Waals surface area contributed by atoms with E-state index < -0.39 is 29.9 Å². The van der Waals surface area contributed by atoms with Crippen molar-refractivity contribution >= 4 is 34.2 Å². The fraction of sp³-hybridized carbons (Fsp3) is 0.556. The maximum Gasteiger partial charge on any atom is 0.410 e. The number of alkyl halides is 1. The Kier molecular flexibility index (Phi) is 7.46. The second kappa shape index (κ2) is 10.4. The second-order valence-corrected chi connectivity index (χ2v) is 10.6. The van der Waals surface area contributed by atoms with Gasteiger partial charge in [-0.3, -0.25) is 9.78 Å². The summed E-state index contributed by atoms with van der Waals surface area (Å²) >= 11 is 0. The van der Waals surface area contributed by atoms with Crippen molar-refractivity contribution in [3.63, 3.8) is 0 Å². The number of Topliss-reactive ketones (excluding diaryl/α,β-unsaturated/α-hetero) is 1. The van der Waals surface area contributed by atoms with Gasteiger partial charge in [-0.25, -0.2) is 14.0 Å². The molecule has 2 aromatic rings. The van der Waals surface area contributed by atoms with E-state index in [9.17, 15) is 14.0 Å². The summed E-state index contributed by atoms with van der Waals surface area (Å²) in [6, 6.07) is 7.38. The molecule has 2 aliphatic rings. The Morgan fingerprint density at radius 1 is 1.25 bits per heavy atom. The molecule has 2 aliphatic heterocycles. The number of amides is 1. The highest BCUT2D eigenvalue weighted by Crippen LogP contribution is 2.34. The minimum Gasteiger partial charge on any atom is -0.444 e. The van der Waals surface area contributed by atoms with Gasteiger partial charge < -0.3 is 19.3 Å². The molecule has 9 heteroatoms. The summed E-state index contributed by atoms with van der Waals surface area (Å²) < 4.78 is 26.2. The summed E-state index contributed by atoms with van der Waals surface area (Å²) in [5.41, 5.74) is 1.34. The highest BCUT2D eigenvalue weighted by molar-refractivity contribution is 6.00. The standard InChI is InChI=1S/C27H33FN4O4/c1-17-14-32(22-9-8-21(29-5)25-19(22)7-6-11-30-25)16-24(35-17)23(33)13-18-15-31(12-10-20(18)28)26(34)36-27(2,3)4/h6-9,11,17-18,20,24H,10,12-16H2,1-4H3/t17-,18-,20+,24-/m1/s1. The van der Waals surface area contributed by atoms with Gasteiger partial charge in [0.2, 0.25) is 5.69 Å². The van der Waals surface area contributed by atoms with E-state index >= 15 is 0 Å². The molecule has 0 unspecified atom stereocenters. The van der Waals surface area contributed by atoms with E-state index in [1.165, 1.54) is 4.90 Å². The molecule has 0 radical (unpaired) electrons. The molecule has 192 valence electrons. The van der Waals surface area contributed by atoms with Crippen LogP contribution < -0.4 is 4.90 Å². The molecule has 0 N–H and O–H groups in total. The first-order chi connectivity index (χ1) is 17.1. The Bertz CT molecular complexity index is 1170. The summed E-state index contributed by atoms with van der Waals surface area (Å²) in [5.74, 6) is -0.776. The van der Waals surface area contributed by atoms with Gasteiger partial charge in [0.05, 0.1) is 24.7 Å². The Morgan fingerprint density at radius 3 is 2.75 bits per heavy atom. The number of morpholine rings is 1. The Balaban J connectivity index is 1.47. The van der Waals surface area contributed by atoms with Crippen molar-refractivity contribution < 1.29 is 23.5 Å². The lowest BCUT2D eigenvalue weighted by molar-refractivity contribution is -0.137. The Morgan fingerprint density at radius 2 is 2.03 bits per heavy atom. The summed E-state index contributed by atoms with van der Waals surface area (Å²) in [4.78, 5) is 37.3. The largest absolute Gasteiger partial charge is 0.444 e. The van der Waals surface area contributed by atoms with E-state index in [1.54, 1.807) is 33.0 Å². The highest BCUT2D eigenvalue weighted by Gasteiger charge is 2.38. The number of carbonyl (C=O) groups excluding carboxylic acids is 2. The Hall–Kier alpha value is -3.25. The molecule has 3 heterocycles. The third-order valence-corrected chi connectivity index (χ3v) is 6.56. The van der Waals surface area contributed by atoms with Gasteiger partial charge in [-0.05, 0) is 46.2 Å². The third kappa shape index (κ3) is 5.76. The molecule has 0 bridgehead atoms. The zero-order valence-corrected chi connectivity index (χ0v) is 21.2. The molecule has 0 aliphatic carbocycles. The van der Waals surface area contributed by atoms with Crippen LogP contribution in [0.25, 0.3) is 15.7 Å². The molecule has 8 nitrogen and oxygen atoms in total. The minimum absolute atomic E-state index is 0.00927. The number of pyridine rings is 1. The van der Waals surface area contributed by atoms with Crippen LogP contribution in [-0.4, -0.2) is 71.9 Å². The molecule has 4 rings (SSSR count). The topological polar surface area (TPSA) is 76.3 Å². The highest BCUT2D eigenvalue weighted by atomic mass is 19.1. The second-order valence-electron chi connectivity index (χ2n) is 10.6. The zero-order chi connectivity index (χ0) is 26.0. The van der Waals surface area contributed by atoms with Crippen molar-refractivity contribution in [1.82, 2.24) is 9.88 Å². The third-order valence-electron chi connectivity index (χ3n) is 6.56. The van der Waals surface area contributed by atoms with E-state index in [2.05, 4.69) is 14.7 Å². The van der Waals surface area contributed by atoms with E-state index in [1.807, 2.05) is 25.1 Å². The average molecular weight is 497 g/mol. The maximum atomic E-state index is 14.8. The quantitative estimate of drug-likeness (QED) is 0.559. The van der Waals surface area contributed by atoms with Crippen molar-refractivity contribution in [2.75, 3.05) is 31.1 Å². The van der Waals surface area contributed by atoms with E-state index in [4.69, 9.17) is 16.0 Å². The van der Waals surface area contributed by atoms with Crippen molar-refractivity contribution in [2.45, 2.75) is 64.5 Å². The van der Waals surface area contributed by atoms with Gasteiger partial charge in [0.15, 0.2) is 5.78 Å². The molecule has 2 saturated heterocycles. The summed E-state index contributed by atoms with van der Waals surface area (Å²) in [6.07, 6.45) is -0.754. The van der Waals surface area contributed by atoms with Gasteiger partial charge in [0.1, 0.15) is 17.9 Å². The fourth-order valence-corrected chi connectivity index (χ4v) is 4.91. The predicted molar refractivity (Wildman–Crippen MR) is 135 cm³/mol. The number of anilines is 1. The number of hydrogen-bond donors (Lipinski definition) is 0. The lowest BCUT2D eigenvalue weighted by atomic mass is 9.89. The Labute approximate surface area is 211 Å². The first kappa shape index (κ1) is 25.8. The molecule has 36 heavy (non-hydrogen) atoms. The number of aromatic nitrogens is 1. The fourth-order valence-electron chi connectivity index (χ4n) is 4.91. The maximum absolute atomic E-state index is 14.8. The smallest absolute Gasteiger partial charge is 0.410 e. The molecular weight excluding hydrogens is 463 g/mol. The summed E-state index contributed by atoms with van der Waals surface area (Å²) in [7, 11) is 0. The zero-order valence-electron chi connectivity index (χ0n) is 21.2. The van der Waals surface area contributed by atoms with Crippen LogP contribution in [0.4, 0.5) is 20.6 Å². The van der Waals surface area contributed by atoms with Crippen LogP contribution in [0.2, 0.25) is 0 Å². The number of likely N-dealkylation sites (tertiary alicyclic amines) is 1. The molecule has 2 fully saturated rings. The molecule has 1 aromatic heterocycles. The monoisotopic (exact) mass is 496 g/mol. The molecule has 4 atom stereocenters. The molecule has 0 spiro atoms. The lowest BCUT2D eigenvalue weighted by Crippen LogP contribution is -2.51. The number of ketones is 1. The first-order valence-corrected chi connectivity index (χ1v) is 12.4. The van der Waals surface area contributed by atoms with Gasteiger partial charge in [-0.15, -0.1) is 0 Å². The van der Waals surface area contributed by atoms with Crippen LogP contribution in [-0.2, 0) is 14.3 Å². The number of nitrogens with zero attached hydrogens (tertiary/aromatic N) is 4.